The van der Waals surface area contributed by atoms with Crippen LogP contribution in [0.2, 0.25) is 5.02 Å². The first-order chi connectivity index (χ1) is 17.8. The molecule has 2 aliphatic rings. The van der Waals surface area contributed by atoms with E-state index < -0.39 is 29.2 Å². The molecule has 3 aromatic rings. The average Bonchev–Trinajstić information content (AvgIpc) is 3.53. The van der Waals surface area contributed by atoms with Gasteiger partial charge in [-0.25, -0.2) is 4.79 Å². The Morgan fingerprint density at radius 1 is 1.27 bits per heavy atom. The molecule has 1 aromatic carbocycles. The van der Waals surface area contributed by atoms with E-state index in [0.717, 1.165) is 9.35 Å². The number of aliphatic carboxylic acids is 1. The lowest BCUT2D eigenvalue weighted by Crippen LogP contribution is -2.70. The molecule has 37 heavy (non-hydrogen) atoms. The molecular formula is C23H19ClN4O6S3. The Balaban J connectivity index is 1.20. The van der Waals surface area contributed by atoms with Crippen molar-refractivity contribution in [1.29, 1.82) is 0 Å². The number of aromatic nitrogens is 2. The Morgan fingerprint density at radius 2 is 2.05 bits per heavy atom. The smallest absolute Gasteiger partial charge is 0.352 e. The largest absolute Gasteiger partial charge is 0.486 e. The number of aryl methyl sites for hydroxylation is 1. The van der Waals surface area contributed by atoms with E-state index in [0.29, 0.717) is 33.6 Å². The minimum atomic E-state index is -1.18. The first-order valence-corrected chi connectivity index (χ1v) is 14.1. The number of thioether (sulfide) groups is 2. The minimum absolute atomic E-state index is 0.0280. The van der Waals surface area contributed by atoms with Gasteiger partial charge in [-0.2, -0.15) is 0 Å². The van der Waals surface area contributed by atoms with Crippen molar-refractivity contribution in [3.63, 3.8) is 0 Å². The average molecular weight is 579 g/mol. The maximum absolute atomic E-state index is 12.9. The van der Waals surface area contributed by atoms with Crippen molar-refractivity contribution >= 4 is 64.2 Å². The van der Waals surface area contributed by atoms with E-state index in [1.54, 1.807) is 30.3 Å². The molecule has 1 fully saturated rings. The molecule has 0 aliphatic carbocycles. The standard InChI is InChI=1S/C23H19ClN4O6S3/c1-11-26-27-23(37-11)36-10-12-9-35-21-17(20(30)28(21)18(12)22(31)32)25-19(29)16-7-6-15(34-16)8-33-14-4-2-13(24)3-5-14/h2-7,17,21H,8-10H2,1H3,(H,25,29)(H,31,32). The van der Waals surface area contributed by atoms with E-state index in [-0.39, 0.29) is 18.1 Å². The molecule has 2 N–H and O–H groups in total. The third kappa shape index (κ3) is 5.49. The van der Waals surface area contributed by atoms with E-state index in [1.807, 2.05) is 6.92 Å². The van der Waals surface area contributed by atoms with Crippen molar-refractivity contribution in [1.82, 2.24) is 20.4 Å². The molecule has 1 saturated heterocycles. The summed E-state index contributed by atoms with van der Waals surface area (Å²) in [5.74, 6) is -0.369. The van der Waals surface area contributed by atoms with Gasteiger partial charge in [0, 0.05) is 16.5 Å². The number of halogens is 1. The van der Waals surface area contributed by atoms with Crippen molar-refractivity contribution in [2.75, 3.05) is 11.5 Å². The highest BCUT2D eigenvalue weighted by molar-refractivity contribution is 8.01. The van der Waals surface area contributed by atoms with Gasteiger partial charge < -0.3 is 19.6 Å². The van der Waals surface area contributed by atoms with Gasteiger partial charge >= 0.3 is 5.97 Å². The number of β-lactam (4-membered cyclic amide) rings is 1. The molecule has 0 saturated carbocycles. The number of carboxylic acid groups (broad SMARTS) is 1. The van der Waals surface area contributed by atoms with Crippen molar-refractivity contribution < 1.29 is 28.6 Å². The summed E-state index contributed by atoms with van der Waals surface area (Å²) in [7, 11) is 0. The molecule has 0 spiro atoms. The van der Waals surface area contributed by atoms with Crippen LogP contribution in [-0.4, -0.2) is 60.9 Å². The molecule has 10 nitrogen and oxygen atoms in total. The summed E-state index contributed by atoms with van der Waals surface area (Å²) in [6.45, 7) is 1.95. The number of nitrogens with one attached hydrogen (secondary N) is 1. The first kappa shape index (κ1) is 25.6. The Morgan fingerprint density at radius 3 is 2.76 bits per heavy atom. The van der Waals surface area contributed by atoms with Crippen molar-refractivity contribution in [3.05, 3.63) is 69.2 Å². The summed E-state index contributed by atoms with van der Waals surface area (Å²) in [6.07, 6.45) is 0. The van der Waals surface area contributed by atoms with Crippen LogP contribution in [-0.2, 0) is 16.2 Å². The molecule has 2 atom stereocenters. The fourth-order valence-corrected chi connectivity index (χ4v) is 7.18. The zero-order chi connectivity index (χ0) is 26.1. The molecule has 5 rings (SSSR count). The summed E-state index contributed by atoms with van der Waals surface area (Å²) in [5, 5.41) is 21.4. The van der Waals surface area contributed by atoms with Gasteiger partial charge in [0.1, 0.15) is 40.2 Å². The van der Waals surface area contributed by atoms with Gasteiger partial charge in [0.05, 0.1) is 0 Å². The monoisotopic (exact) mass is 578 g/mol. The predicted molar refractivity (Wildman–Crippen MR) is 139 cm³/mol. The van der Waals surface area contributed by atoms with Gasteiger partial charge in [-0.05, 0) is 48.9 Å². The summed E-state index contributed by atoms with van der Waals surface area (Å²) in [5.41, 5.74) is 0.591. The van der Waals surface area contributed by atoms with Gasteiger partial charge in [-0.3, -0.25) is 14.5 Å². The topological polar surface area (TPSA) is 135 Å². The number of nitrogens with zero attached hydrogens (tertiary/aromatic N) is 3. The fourth-order valence-electron chi connectivity index (χ4n) is 3.76. The number of carboxylic acids is 1. The van der Waals surface area contributed by atoms with Gasteiger partial charge in [0.15, 0.2) is 10.1 Å². The van der Waals surface area contributed by atoms with Gasteiger partial charge in [0.25, 0.3) is 11.8 Å². The van der Waals surface area contributed by atoms with Crippen LogP contribution < -0.4 is 10.1 Å². The van der Waals surface area contributed by atoms with Crippen LogP contribution in [0.5, 0.6) is 5.75 Å². The highest BCUT2D eigenvalue weighted by atomic mass is 35.5. The highest BCUT2D eigenvalue weighted by Gasteiger charge is 2.54. The van der Waals surface area contributed by atoms with Crippen LogP contribution in [0.15, 0.2) is 56.4 Å². The van der Waals surface area contributed by atoms with Crippen LogP contribution in [0, 0.1) is 6.92 Å². The number of amides is 2. The second-order valence-corrected chi connectivity index (χ2v) is 11.9. The van der Waals surface area contributed by atoms with E-state index in [1.165, 1.54) is 45.8 Å². The Bertz CT molecular complexity index is 1390. The molecule has 0 radical (unpaired) electrons. The molecule has 2 aromatic heterocycles. The van der Waals surface area contributed by atoms with Gasteiger partial charge in [-0.15, -0.1) is 22.0 Å². The zero-order valence-electron chi connectivity index (χ0n) is 19.2. The zero-order valence-corrected chi connectivity index (χ0v) is 22.4. The number of rotatable bonds is 9. The Kier molecular flexibility index (Phi) is 7.47. The van der Waals surface area contributed by atoms with Gasteiger partial charge in [-0.1, -0.05) is 34.7 Å². The SMILES string of the molecule is Cc1nnc(SCC2=C(C(=O)O)N3C(=O)C(NC(=O)c4ccc(COc5ccc(Cl)cc5)o4)C3SC2)s1. The second kappa shape index (κ2) is 10.8. The number of hydrogen-bond acceptors (Lipinski definition) is 10. The molecule has 192 valence electrons. The molecule has 4 heterocycles. The van der Waals surface area contributed by atoms with E-state index in [9.17, 15) is 19.5 Å². The summed E-state index contributed by atoms with van der Waals surface area (Å²) >= 11 is 10.1. The highest BCUT2D eigenvalue weighted by Crippen LogP contribution is 2.42. The van der Waals surface area contributed by atoms with Crippen LogP contribution >= 0.6 is 46.5 Å². The van der Waals surface area contributed by atoms with Crippen LogP contribution in [0.1, 0.15) is 21.3 Å². The van der Waals surface area contributed by atoms with Crippen molar-refractivity contribution in [2.24, 2.45) is 0 Å². The number of carbonyl (C=O) groups is 3. The summed E-state index contributed by atoms with van der Waals surface area (Å²) in [6, 6.07) is 9.09. The number of benzene rings is 1. The van der Waals surface area contributed by atoms with Crippen molar-refractivity contribution in [3.8, 4) is 5.75 Å². The third-order valence-corrected chi connectivity index (χ3v) is 9.14. The molecule has 0 bridgehead atoms. The van der Waals surface area contributed by atoms with E-state index in [2.05, 4.69) is 15.5 Å². The first-order valence-electron chi connectivity index (χ1n) is 10.9. The number of fused-ring (bicyclic) bond motifs is 1. The van der Waals surface area contributed by atoms with Crippen LogP contribution in [0.3, 0.4) is 0 Å². The summed E-state index contributed by atoms with van der Waals surface area (Å²) in [4.78, 5) is 38.9. The van der Waals surface area contributed by atoms with E-state index in [4.69, 9.17) is 20.8 Å². The number of carbonyl (C=O) groups excluding carboxylic acids is 2. The molecule has 2 unspecified atom stereocenters. The second-order valence-electron chi connectivity index (χ2n) is 8.00. The molecule has 2 aliphatic heterocycles. The number of hydrogen-bond donors (Lipinski definition) is 2. The fraction of sp³-hybridized carbons (Fsp3) is 0.261. The predicted octanol–water partition coefficient (Wildman–Crippen LogP) is 3.82. The number of ether oxygens (including phenoxy) is 1. The number of furan rings is 1. The van der Waals surface area contributed by atoms with Crippen molar-refractivity contribution in [2.45, 2.75) is 29.3 Å². The molecule has 14 heteroatoms. The van der Waals surface area contributed by atoms with E-state index >= 15 is 0 Å². The van der Waals surface area contributed by atoms with Crippen LogP contribution in [0.25, 0.3) is 0 Å². The lowest BCUT2D eigenvalue weighted by molar-refractivity contribution is -0.148. The van der Waals surface area contributed by atoms with Crippen LogP contribution in [0.4, 0.5) is 0 Å². The Labute approximate surface area is 228 Å². The minimum Gasteiger partial charge on any atom is -0.486 e. The lowest BCUT2D eigenvalue weighted by atomic mass is 10.0. The maximum Gasteiger partial charge on any atom is 0.352 e. The van der Waals surface area contributed by atoms with Gasteiger partial charge in [0.2, 0.25) is 0 Å². The Hall–Kier alpha value is -3.00. The lowest BCUT2D eigenvalue weighted by Gasteiger charge is -2.49. The molecular weight excluding hydrogens is 560 g/mol. The normalized spacial score (nSPS) is 18.9. The molecule has 2 amide bonds. The summed E-state index contributed by atoms with van der Waals surface area (Å²) < 4.78 is 11.9. The third-order valence-electron chi connectivity index (χ3n) is 5.49. The maximum atomic E-state index is 12.9. The quantitative estimate of drug-likeness (QED) is 0.285.